The Bertz CT molecular complexity index is 352. The predicted octanol–water partition coefficient (Wildman–Crippen LogP) is -0.274. The number of guanidine groups is 1. The highest BCUT2D eigenvalue weighted by Crippen LogP contribution is 2.08. The summed E-state index contributed by atoms with van der Waals surface area (Å²) in [7, 11) is 3.26. The lowest BCUT2D eigenvalue weighted by atomic mass is 10.3. The summed E-state index contributed by atoms with van der Waals surface area (Å²) < 4.78 is 15.9. The first-order valence-corrected chi connectivity index (χ1v) is 7.58. The highest BCUT2D eigenvalue weighted by Gasteiger charge is 2.17. The average Bonchev–Trinajstić information content (AvgIpc) is 3.03. The first kappa shape index (κ1) is 22.4. The monoisotopic (exact) mass is 444 g/mol. The average molecular weight is 444 g/mol. The van der Waals surface area contributed by atoms with Gasteiger partial charge in [0.25, 0.3) is 0 Å². The van der Waals surface area contributed by atoms with E-state index >= 15 is 0 Å². The van der Waals surface area contributed by atoms with Crippen molar-refractivity contribution in [3.63, 3.8) is 0 Å². The van der Waals surface area contributed by atoms with Gasteiger partial charge in [-0.3, -0.25) is 9.79 Å². The Morgan fingerprint density at radius 1 is 1.43 bits per heavy atom. The second kappa shape index (κ2) is 13.8. The van der Waals surface area contributed by atoms with Crippen LogP contribution in [-0.4, -0.2) is 77.7 Å². The molecular formula is C14H29IN4O4. The molecule has 136 valence electrons. The summed E-state index contributed by atoms with van der Waals surface area (Å²) in [6, 6.07) is 0.0864. The first-order chi connectivity index (χ1) is 10.7. The van der Waals surface area contributed by atoms with E-state index in [1.54, 1.807) is 14.2 Å². The number of methoxy groups -OCH3 is 1. The Labute approximate surface area is 155 Å². The van der Waals surface area contributed by atoms with Gasteiger partial charge in [0.1, 0.15) is 0 Å². The lowest BCUT2D eigenvalue weighted by Crippen LogP contribution is -2.47. The van der Waals surface area contributed by atoms with Gasteiger partial charge in [0, 0.05) is 33.4 Å². The van der Waals surface area contributed by atoms with Gasteiger partial charge < -0.3 is 30.2 Å². The third kappa shape index (κ3) is 10.7. The van der Waals surface area contributed by atoms with E-state index in [4.69, 9.17) is 14.2 Å². The topological polar surface area (TPSA) is 93.2 Å². The Kier molecular flexibility index (Phi) is 13.4. The van der Waals surface area contributed by atoms with E-state index in [0.29, 0.717) is 32.3 Å². The fourth-order valence-corrected chi connectivity index (χ4v) is 1.91. The Morgan fingerprint density at radius 3 is 2.83 bits per heavy atom. The summed E-state index contributed by atoms with van der Waals surface area (Å²) in [4.78, 5) is 15.7. The number of nitrogens with one attached hydrogen (secondary N) is 3. The molecule has 0 aromatic heterocycles. The van der Waals surface area contributed by atoms with Gasteiger partial charge in [-0.05, 0) is 13.3 Å². The van der Waals surface area contributed by atoms with E-state index in [0.717, 1.165) is 13.0 Å². The van der Waals surface area contributed by atoms with Crippen LogP contribution in [0.5, 0.6) is 0 Å². The van der Waals surface area contributed by atoms with Gasteiger partial charge in [0.2, 0.25) is 5.91 Å². The highest BCUT2D eigenvalue weighted by atomic mass is 127. The number of ether oxygens (including phenoxy) is 3. The van der Waals surface area contributed by atoms with Crippen LogP contribution in [0.15, 0.2) is 4.99 Å². The zero-order valence-electron chi connectivity index (χ0n) is 14.1. The molecule has 1 aliphatic rings. The van der Waals surface area contributed by atoms with E-state index in [1.165, 1.54) is 0 Å². The molecule has 8 nitrogen and oxygen atoms in total. The van der Waals surface area contributed by atoms with Crippen LogP contribution in [0.3, 0.4) is 0 Å². The molecule has 0 saturated carbocycles. The van der Waals surface area contributed by atoms with Gasteiger partial charge in [0.15, 0.2) is 5.96 Å². The predicted molar refractivity (Wildman–Crippen MR) is 99.4 cm³/mol. The van der Waals surface area contributed by atoms with Crippen molar-refractivity contribution in [2.45, 2.75) is 25.5 Å². The Balaban J connectivity index is 0.00000484. The van der Waals surface area contributed by atoms with E-state index in [2.05, 4.69) is 20.9 Å². The minimum atomic E-state index is -0.105. The summed E-state index contributed by atoms with van der Waals surface area (Å²) in [6.45, 7) is 5.16. The fourth-order valence-electron chi connectivity index (χ4n) is 1.91. The largest absolute Gasteiger partial charge is 0.383 e. The molecule has 2 unspecified atom stereocenters. The van der Waals surface area contributed by atoms with Crippen LogP contribution < -0.4 is 16.0 Å². The molecule has 1 rings (SSSR count). The number of rotatable bonds is 9. The third-order valence-corrected chi connectivity index (χ3v) is 3.12. The zero-order valence-corrected chi connectivity index (χ0v) is 16.4. The van der Waals surface area contributed by atoms with Crippen LogP contribution in [0.1, 0.15) is 13.3 Å². The maximum absolute atomic E-state index is 11.6. The minimum Gasteiger partial charge on any atom is -0.383 e. The van der Waals surface area contributed by atoms with Crippen molar-refractivity contribution in [2.24, 2.45) is 4.99 Å². The molecule has 1 heterocycles. The van der Waals surface area contributed by atoms with Crippen molar-refractivity contribution >= 4 is 35.8 Å². The minimum absolute atomic E-state index is 0. The molecule has 0 radical (unpaired) electrons. The summed E-state index contributed by atoms with van der Waals surface area (Å²) in [5, 5.41) is 8.87. The van der Waals surface area contributed by atoms with Crippen molar-refractivity contribution in [1.82, 2.24) is 16.0 Å². The quantitative estimate of drug-likeness (QED) is 0.196. The number of carbonyl (C=O) groups excluding carboxylic acids is 1. The fraction of sp³-hybridized carbons (Fsp3) is 0.857. The molecular weight excluding hydrogens is 415 g/mol. The number of carbonyl (C=O) groups is 1. The van der Waals surface area contributed by atoms with Gasteiger partial charge in [-0.25, -0.2) is 0 Å². The van der Waals surface area contributed by atoms with Crippen LogP contribution in [0.25, 0.3) is 0 Å². The lowest BCUT2D eigenvalue weighted by molar-refractivity contribution is -0.120. The zero-order chi connectivity index (χ0) is 16.2. The maximum atomic E-state index is 11.6. The van der Waals surface area contributed by atoms with Crippen LogP contribution in [-0.2, 0) is 19.0 Å². The molecule has 0 aromatic rings. The summed E-state index contributed by atoms with van der Waals surface area (Å²) in [6.07, 6.45) is 1.13. The van der Waals surface area contributed by atoms with Gasteiger partial charge in [-0.2, -0.15) is 0 Å². The van der Waals surface area contributed by atoms with E-state index in [9.17, 15) is 4.79 Å². The molecule has 0 spiro atoms. The van der Waals surface area contributed by atoms with Crippen molar-refractivity contribution in [1.29, 1.82) is 0 Å². The smallest absolute Gasteiger partial charge is 0.239 e. The maximum Gasteiger partial charge on any atom is 0.239 e. The molecule has 9 heteroatoms. The van der Waals surface area contributed by atoms with Gasteiger partial charge in [0.05, 0.1) is 32.5 Å². The van der Waals surface area contributed by atoms with Gasteiger partial charge >= 0.3 is 0 Å². The van der Waals surface area contributed by atoms with Crippen LogP contribution in [0, 0.1) is 0 Å². The first-order valence-electron chi connectivity index (χ1n) is 7.58. The molecule has 1 aliphatic heterocycles. The Hall–Kier alpha value is -0.650. The van der Waals surface area contributed by atoms with Crippen LogP contribution >= 0.6 is 24.0 Å². The molecule has 0 bridgehead atoms. The summed E-state index contributed by atoms with van der Waals surface area (Å²) in [5.41, 5.74) is 0. The van der Waals surface area contributed by atoms with E-state index < -0.39 is 0 Å². The standard InChI is InChI=1S/C14H28N4O4.HI/c1-11(9-22-12-4-6-21-10-12)18-14(15-2)17-8-13(19)16-5-7-20-3;/h11-12H,4-10H2,1-3H3,(H,16,19)(H2,15,17,18);1H. The third-order valence-electron chi connectivity index (χ3n) is 3.12. The molecule has 1 fully saturated rings. The normalized spacial score (nSPS) is 18.9. The molecule has 1 saturated heterocycles. The molecule has 23 heavy (non-hydrogen) atoms. The number of aliphatic imine (C=N–C) groups is 1. The SMILES string of the molecule is CN=C(NCC(=O)NCCOC)NC(C)COC1CCOC1.I. The molecule has 3 N–H and O–H groups in total. The van der Waals surface area contributed by atoms with Gasteiger partial charge in [-0.15, -0.1) is 24.0 Å². The van der Waals surface area contributed by atoms with Crippen molar-refractivity contribution in [3.05, 3.63) is 0 Å². The number of hydrogen-bond acceptors (Lipinski definition) is 5. The highest BCUT2D eigenvalue weighted by molar-refractivity contribution is 14.0. The number of hydrogen-bond donors (Lipinski definition) is 3. The molecule has 0 aromatic carbocycles. The summed E-state index contributed by atoms with van der Waals surface area (Å²) >= 11 is 0. The number of halogens is 1. The molecule has 1 amide bonds. The second-order valence-corrected chi connectivity index (χ2v) is 5.13. The van der Waals surface area contributed by atoms with E-state index in [1.807, 2.05) is 6.92 Å². The van der Waals surface area contributed by atoms with Crippen molar-refractivity contribution in [2.75, 3.05) is 53.7 Å². The van der Waals surface area contributed by atoms with Crippen LogP contribution in [0.4, 0.5) is 0 Å². The van der Waals surface area contributed by atoms with Gasteiger partial charge in [-0.1, -0.05) is 0 Å². The van der Waals surface area contributed by atoms with Crippen LogP contribution in [0.2, 0.25) is 0 Å². The lowest BCUT2D eigenvalue weighted by Gasteiger charge is -2.19. The number of amides is 1. The molecule has 2 atom stereocenters. The number of nitrogens with zero attached hydrogens (tertiary/aromatic N) is 1. The van der Waals surface area contributed by atoms with Crippen molar-refractivity contribution < 1.29 is 19.0 Å². The summed E-state index contributed by atoms with van der Waals surface area (Å²) in [5.74, 6) is 0.465. The molecule has 0 aliphatic carbocycles. The second-order valence-electron chi connectivity index (χ2n) is 5.13. The van der Waals surface area contributed by atoms with E-state index in [-0.39, 0.29) is 48.6 Å². The Morgan fingerprint density at radius 2 is 2.22 bits per heavy atom. The van der Waals surface area contributed by atoms with Crippen molar-refractivity contribution in [3.8, 4) is 0 Å².